The number of hydrogen-bond donors (Lipinski definition) is 1. The molecule has 0 bridgehead atoms. The number of nitrogens with zero attached hydrogens (tertiary/aromatic N) is 1. The molecule has 0 spiro atoms. The van der Waals surface area contributed by atoms with Gasteiger partial charge in [0.25, 0.3) is 0 Å². The fourth-order valence-electron chi connectivity index (χ4n) is 1.39. The Morgan fingerprint density at radius 3 is 2.80 bits per heavy atom. The SMILES string of the molecule is C[C@@H]1CCCN(C(N)=S)C1. The maximum Gasteiger partial charge on any atom is 0.166 e. The molecule has 0 aromatic carbocycles. The van der Waals surface area contributed by atoms with Crippen molar-refractivity contribution in [2.24, 2.45) is 11.7 Å². The standard InChI is InChI=1S/C7H14N2S/c1-6-3-2-4-9(5-6)7(8)10/h6H,2-5H2,1H3,(H2,8,10)/t6-/m1/s1. The summed E-state index contributed by atoms with van der Waals surface area (Å²) in [6, 6.07) is 0. The maximum atomic E-state index is 5.49. The molecule has 1 aliphatic rings. The Kier molecular flexibility index (Phi) is 2.49. The third-order valence-corrected chi connectivity index (χ3v) is 2.23. The molecule has 0 amide bonds. The first-order valence-electron chi connectivity index (χ1n) is 3.74. The zero-order chi connectivity index (χ0) is 7.56. The molecule has 3 heteroatoms. The Balaban J connectivity index is 2.39. The molecular formula is C7H14N2S. The Morgan fingerprint density at radius 2 is 2.40 bits per heavy atom. The second-order valence-electron chi connectivity index (χ2n) is 3.03. The minimum absolute atomic E-state index is 0.562. The van der Waals surface area contributed by atoms with Gasteiger partial charge in [-0.05, 0) is 31.0 Å². The molecule has 1 heterocycles. The van der Waals surface area contributed by atoms with Gasteiger partial charge < -0.3 is 10.6 Å². The zero-order valence-corrected chi connectivity index (χ0v) is 7.16. The van der Waals surface area contributed by atoms with Crippen LogP contribution in [0, 0.1) is 5.92 Å². The first-order chi connectivity index (χ1) is 4.70. The predicted molar refractivity (Wildman–Crippen MR) is 46.8 cm³/mol. The van der Waals surface area contributed by atoms with Gasteiger partial charge in [-0.25, -0.2) is 0 Å². The van der Waals surface area contributed by atoms with Gasteiger partial charge in [-0.1, -0.05) is 6.92 Å². The lowest BCUT2D eigenvalue weighted by molar-refractivity contribution is 0.275. The normalized spacial score (nSPS) is 26.5. The molecule has 0 aromatic heterocycles. The summed E-state index contributed by atoms with van der Waals surface area (Å²) in [6.07, 6.45) is 2.55. The van der Waals surface area contributed by atoms with Crippen molar-refractivity contribution < 1.29 is 0 Å². The van der Waals surface area contributed by atoms with Gasteiger partial charge in [0.1, 0.15) is 0 Å². The fourth-order valence-corrected chi connectivity index (χ4v) is 1.56. The molecule has 1 atom stereocenters. The molecule has 58 valence electrons. The van der Waals surface area contributed by atoms with E-state index in [1.165, 1.54) is 12.8 Å². The Hall–Kier alpha value is -0.310. The third-order valence-electron chi connectivity index (χ3n) is 1.97. The molecule has 0 saturated carbocycles. The average molecular weight is 158 g/mol. The highest BCUT2D eigenvalue weighted by atomic mass is 32.1. The van der Waals surface area contributed by atoms with Crippen LogP contribution >= 0.6 is 12.2 Å². The molecule has 0 aromatic rings. The van der Waals surface area contributed by atoms with Crippen LogP contribution in [0.25, 0.3) is 0 Å². The number of piperidine rings is 1. The molecular weight excluding hydrogens is 144 g/mol. The zero-order valence-electron chi connectivity index (χ0n) is 6.34. The van der Waals surface area contributed by atoms with Crippen molar-refractivity contribution in [3.63, 3.8) is 0 Å². The van der Waals surface area contributed by atoms with Crippen LogP contribution in [-0.4, -0.2) is 23.1 Å². The predicted octanol–water partition coefficient (Wildman–Crippen LogP) is 0.962. The molecule has 10 heavy (non-hydrogen) atoms. The minimum Gasteiger partial charge on any atom is -0.376 e. The van der Waals surface area contributed by atoms with E-state index in [1.807, 2.05) is 0 Å². The van der Waals surface area contributed by atoms with Crippen molar-refractivity contribution in [2.75, 3.05) is 13.1 Å². The van der Waals surface area contributed by atoms with E-state index >= 15 is 0 Å². The van der Waals surface area contributed by atoms with E-state index in [1.54, 1.807) is 0 Å². The van der Waals surface area contributed by atoms with Crippen LogP contribution in [0.4, 0.5) is 0 Å². The number of rotatable bonds is 0. The second kappa shape index (κ2) is 3.19. The van der Waals surface area contributed by atoms with Crippen LogP contribution in [0.2, 0.25) is 0 Å². The molecule has 0 unspecified atom stereocenters. The first kappa shape index (κ1) is 7.79. The van der Waals surface area contributed by atoms with E-state index in [4.69, 9.17) is 18.0 Å². The minimum atomic E-state index is 0.562. The summed E-state index contributed by atoms with van der Waals surface area (Å²) < 4.78 is 0. The molecule has 0 radical (unpaired) electrons. The smallest absolute Gasteiger partial charge is 0.166 e. The topological polar surface area (TPSA) is 29.3 Å². The summed E-state index contributed by atoms with van der Waals surface area (Å²) in [4.78, 5) is 2.09. The van der Waals surface area contributed by atoms with Gasteiger partial charge in [-0.15, -0.1) is 0 Å². The lowest BCUT2D eigenvalue weighted by Crippen LogP contribution is -2.42. The summed E-state index contributed by atoms with van der Waals surface area (Å²) >= 11 is 4.87. The van der Waals surface area contributed by atoms with Crippen molar-refractivity contribution in [1.82, 2.24) is 4.90 Å². The summed E-state index contributed by atoms with van der Waals surface area (Å²) in [6.45, 7) is 4.35. The van der Waals surface area contributed by atoms with Crippen molar-refractivity contribution in [1.29, 1.82) is 0 Å². The van der Waals surface area contributed by atoms with Gasteiger partial charge in [0.15, 0.2) is 5.11 Å². The van der Waals surface area contributed by atoms with Crippen LogP contribution in [0.1, 0.15) is 19.8 Å². The van der Waals surface area contributed by atoms with E-state index in [9.17, 15) is 0 Å². The highest BCUT2D eigenvalue weighted by molar-refractivity contribution is 7.80. The van der Waals surface area contributed by atoms with Crippen molar-refractivity contribution in [3.8, 4) is 0 Å². The van der Waals surface area contributed by atoms with Gasteiger partial charge in [-0.3, -0.25) is 0 Å². The number of nitrogens with two attached hydrogens (primary N) is 1. The number of hydrogen-bond acceptors (Lipinski definition) is 1. The quantitative estimate of drug-likeness (QED) is 0.532. The van der Waals surface area contributed by atoms with E-state index in [-0.39, 0.29) is 0 Å². The van der Waals surface area contributed by atoms with Crippen LogP contribution in [0.5, 0.6) is 0 Å². The molecule has 1 aliphatic heterocycles. The van der Waals surface area contributed by atoms with Crippen LogP contribution in [0.3, 0.4) is 0 Å². The van der Waals surface area contributed by atoms with Crippen molar-refractivity contribution in [2.45, 2.75) is 19.8 Å². The summed E-state index contributed by atoms with van der Waals surface area (Å²) in [5.74, 6) is 0.759. The molecule has 1 fully saturated rings. The molecule has 1 saturated heterocycles. The third kappa shape index (κ3) is 1.84. The summed E-state index contributed by atoms with van der Waals surface area (Å²) in [7, 11) is 0. The fraction of sp³-hybridized carbons (Fsp3) is 0.857. The van der Waals surface area contributed by atoms with Crippen LogP contribution < -0.4 is 5.73 Å². The lowest BCUT2D eigenvalue weighted by Gasteiger charge is -2.31. The average Bonchev–Trinajstić information content (AvgIpc) is 1.88. The Labute approximate surface area is 67.4 Å². The number of thiocarbonyl (C=S) groups is 1. The van der Waals surface area contributed by atoms with Crippen LogP contribution in [-0.2, 0) is 0 Å². The monoisotopic (exact) mass is 158 g/mol. The maximum absolute atomic E-state index is 5.49. The second-order valence-corrected chi connectivity index (χ2v) is 3.45. The van der Waals surface area contributed by atoms with Crippen molar-refractivity contribution >= 4 is 17.3 Å². The Morgan fingerprint density at radius 1 is 1.70 bits per heavy atom. The van der Waals surface area contributed by atoms with Gasteiger partial charge in [-0.2, -0.15) is 0 Å². The van der Waals surface area contributed by atoms with E-state index < -0.39 is 0 Å². The number of likely N-dealkylation sites (tertiary alicyclic amines) is 1. The van der Waals surface area contributed by atoms with Crippen LogP contribution in [0.15, 0.2) is 0 Å². The molecule has 1 rings (SSSR count). The van der Waals surface area contributed by atoms with E-state index in [0.717, 1.165) is 19.0 Å². The lowest BCUT2D eigenvalue weighted by atomic mass is 10.0. The first-order valence-corrected chi connectivity index (χ1v) is 4.15. The van der Waals surface area contributed by atoms with Gasteiger partial charge >= 0.3 is 0 Å². The highest BCUT2D eigenvalue weighted by Crippen LogP contribution is 2.14. The summed E-state index contributed by atoms with van der Waals surface area (Å²) in [5, 5.41) is 0.562. The molecule has 0 aliphatic carbocycles. The van der Waals surface area contributed by atoms with Gasteiger partial charge in [0.2, 0.25) is 0 Å². The van der Waals surface area contributed by atoms with Gasteiger partial charge in [0, 0.05) is 13.1 Å². The van der Waals surface area contributed by atoms with Crippen molar-refractivity contribution in [3.05, 3.63) is 0 Å². The van der Waals surface area contributed by atoms with Gasteiger partial charge in [0.05, 0.1) is 0 Å². The van der Waals surface area contributed by atoms with E-state index in [2.05, 4.69) is 11.8 Å². The molecule has 2 N–H and O–H groups in total. The highest BCUT2D eigenvalue weighted by Gasteiger charge is 2.15. The van der Waals surface area contributed by atoms with E-state index in [0.29, 0.717) is 5.11 Å². The molecule has 2 nitrogen and oxygen atoms in total. The Bertz CT molecular complexity index is 136. The largest absolute Gasteiger partial charge is 0.376 e. The summed E-state index contributed by atoms with van der Waals surface area (Å²) in [5.41, 5.74) is 5.49.